The molecule has 0 saturated carbocycles. The monoisotopic (exact) mass is 290 g/mol. The maximum absolute atomic E-state index is 9.54. The predicted octanol–water partition coefficient (Wildman–Crippen LogP) is 3.29. The van der Waals surface area contributed by atoms with Gasteiger partial charge in [-0.05, 0) is 37.0 Å². The lowest BCUT2D eigenvalue weighted by atomic mass is 10.1. The van der Waals surface area contributed by atoms with E-state index in [1.54, 1.807) is 13.0 Å². The number of aliphatic hydroxyl groups is 1. The van der Waals surface area contributed by atoms with Crippen LogP contribution in [0.25, 0.3) is 0 Å². The van der Waals surface area contributed by atoms with Gasteiger partial charge in [0, 0.05) is 6.42 Å². The number of aliphatic hydroxyl groups excluding tert-OH is 1. The highest BCUT2D eigenvalue weighted by Crippen LogP contribution is 2.19. The highest BCUT2D eigenvalue weighted by molar-refractivity contribution is 5.29. The Morgan fingerprint density at radius 1 is 1.29 bits per heavy atom. The molecule has 1 N–H and O–H groups in total. The zero-order valence-corrected chi connectivity index (χ0v) is 12.7. The molecule has 0 aliphatic rings. The fourth-order valence-corrected chi connectivity index (χ4v) is 1.88. The molecule has 21 heavy (non-hydrogen) atoms. The van der Waals surface area contributed by atoms with Gasteiger partial charge in [-0.3, -0.25) is 0 Å². The second-order valence-corrected chi connectivity index (χ2v) is 5.57. The topological polar surface area (TPSA) is 68.4 Å². The molecular weight excluding hydrogens is 268 g/mol. The van der Waals surface area contributed by atoms with Crippen LogP contribution in [0.1, 0.15) is 50.6 Å². The number of aromatic nitrogens is 2. The number of nitrogens with zero attached hydrogens (tertiary/aromatic N) is 2. The fraction of sp³-hybridized carbons (Fsp3) is 0.500. The van der Waals surface area contributed by atoms with Crippen molar-refractivity contribution in [1.82, 2.24) is 10.1 Å². The van der Waals surface area contributed by atoms with Crippen LogP contribution in [0.5, 0.6) is 5.75 Å². The van der Waals surface area contributed by atoms with Crippen molar-refractivity contribution in [2.45, 2.75) is 46.3 Å². The zero-order chi connectivity index (χ0) is 15.2. The molecular formula is C16H22N2O3. The average Bonchev–Trinajstić information content (AvgIpc) is 2.91. The Morgan fingerprint density at radius 2 is 2.10 bits per heavy atom. The Morgan fingerprint density at radius 3 is 2.81 bits per heavy atom. The minimum absolute atomic E-state index is 0.234. The molecule has 0 fully saturated rings. The molecule has 0 radical (unpaired) electrons. The van der Waals surface area contributed by atoms with Crippen LogP contribution in [0, 0.1) is 5.92 Å². The van der Waals surface area contributed by atoms with E-state index in [9.17, 15) is 5.11 Å². The van der Waals surface area contributed by atoms with Crippen molar-refractivity contribution in [3.63, 3.8) is 0 Å². The standard InChI is InChI=1S/C16H22N2O3/c1-11(2)7-8-15-17-16(21-18-15)10-20-14-6-4-5-13(9-14)12(3)19/h4-6,9,11-12,19H,7-8,10H2,1-3H3. The minimum Gasteiger partial charge on any atom is -0.484 e. The van der Waals surface area contributed by atoms with E-state index in [4.69, 9.17) is 9.26 Å². The minimum atomic E-state index is -0.514. The first-order chi connectivity index (χ1) is 10.0. The maximum Gasteiger partial charge on any atom is 0.264 e. The number of hydrogen-bond acceptors (Lipinski definition) is 5. The van der Waals surface area contributed by atoms with E-state index in [1.807, 2.05) is 18.2 Å². The van der Waals surface area contributed by atoms with E-state index in [0.717, 1.165) is 24.2 Å². The summed E-state index contributed by atoms with van der Waals surface area (Å²) in [6, 6.07) is 7.34. The summed E-state index contributed by atoms with van der Waals surface area (Å²) in [4.78, 5) is 4.30. The highest BCUT2D eigenvalue weighted by atomic mass is 16.5. The Bertz CT molecular complexity index is 564. The summed E-state index contributed by atoms with van der Waals surface area (Å²) < 4.78 is 10.8. The molecule has 0 aliphatic heterocycles. The third-order valence-corrected chi connectivity index (χ3v) is 3.16. The Balaban J connectivity index is 1.89. The number of rotatable bonds is 7. The van der Waals surface area contributed by atoms with Crippen molar-refractivity contribution < 1.29 is 14.4 Å². The molecule has 0 amide bonds. The molecule has 1 unspecified atom stereocenters. The second kappa shape index (κ2) is 7.22. The normalized spacial score (nSPS) is 12.6. The summed E-state index contributed by atoms with van der Waals surface area (Å²) in [5, 5.41) is 13.5. The number of aryl methyl sites for hydroxylation is 1. The van der Waals surface area contributed by atoms with Crippen LogP contribution in [0.3, 0.4) is 0 Å². The first-order valence-corrected chi connectivity index (χ1v) is 7.27. The summed E-state index contributed by atoms with van der Waals surface area (Å²) >= 11 is 0. The second-order valence-electron chi connectivity index (χ2n) is 5.57. The van der Waals surface area contributed by atoms with Gasteiger partial charge in [0.05, 0.1) is 6.10 Å². The van der Waals surface area contributed by atoms with Crippen molar-refractivity contribution in [2.24, 2.45) is 5.92 Å². The lowest BCUT2D eigenvalue weighted by Crippen LogP contribution is -1.98. The molecule has 1 aromatic carbocycles. The quantitative estimate of drug-likeness (QED) is 0.847. The van der Waals surface area contributed by atoms with Gasteiger partial charge in [0.1, 0.15) is 5.75 Å². The summed E-state index contributed by atoms with van der Waals surface area (Å²) in [6.07, 6.45) is 1.34. The molecule has 1 aromatic heterocycles. The Hall–Kier alpha value is -1.88. The molecule has 0 spiro atoms. The van der Waals surface area contributed by atoms with Crippen molar-refractivity contribution in [3.8, 4) is 5.75 Å². The van der Waals surface area contributed by atoms with E-state index in [2.05, 4.69) is 24.0 Å². The van der Waals surface area contributed by atoms with Crippen LogP contribution in [0.4, 0.5) is 0 Å². The third kappa shape index (κ3) is 4.86. The van der Waals surface area contributed by atoms with Crippen LogP contribution in [0.2, 0.25) is 0 Å². The van der Waals surface area contributed by atoms with Gasteiger partial charge in [0.2, 0.25) is 0 Å². The van der Waals surface area contributed by atoms with Crippen LogP contribution in [-0.4, -0.2) is 15.2 Å². The predicted molar refractivity (Wildman–Crippen MR) is 78.9 cm³/mol. The lowest BCUT2D eigenvalue weighted by Gasteiger charge is -2.07. The molecule has 0 saturated heterocycles. The molecule has 0 aliphatic carbocycles. The zero-order valence-electron chi connectivity index (χ0n) is 12.7. The summed E-state index contributed by atoms with van der Waals surface area (Å²) in [7, 11) is 0. The van der Waals surface area contributed by atoms with Gasteiger partial charge in [-0.25, -0.2) is 0 Å². The SMILES string of the molecule is CC(C)CCc1noc(COc2cccc(C(C)O)c2)n1. The summed E-state index contributed by atoms with van der Waals surface area (Å²) in [5.74, 6) is 2.48. The van der Waals surface area contributed by atoms with E-state index in [0.29, 0.717) is 17.6 Å². The molecule has 5 heteroatoms. The Kier molecular flexibility index (Phi) is 5.33. The first kappa shape index (κ1) is 15.5. The van der Waals surface area contributed by atoms with E-state index in [1.165, 1.54) is 0 Å². The molecule has 2 aromatic rings. The first-order valence-electron chi connectivity index (χ1n) is 7.27. The van der Waals surface area contributed by atoms with Crippen LogP contribution < -0.4 is 4.74 Å². The Labute approximate surface area is 125 Å². The van der Waals surface area contributed by atoms with Crippen molar-refractivity contribution in [1.29, 1.82) is 0 Å². The number of ether oxygens (including phenoxy) is 1. The fourth-order valence-electron chi connectivity index (χ4n) is 1.88. The van der Waals surface area contributed by atoms with Crippen molar-refractivity contribution in [2.75, 3.05) is 0 Å². The van der Waals surface area contributed by atoms with Crippen LogP contribution >= 0.6 is 0 Å². The van der Waals surface area contributed by atoms with Gasteiger partial charge in [-0.2, -0.15) is 4.98 Å². The smallest absolute Gasteiger partial charge is 0.264 e. The molecule has 114 valence electrons. The van der Waals surface area contributed by atoms with Crippen LogP contribution in [-0.2, 0) is 13.0 Å². The molecule has 1 heterocycles. The van der Waals surface area contributed by atoms with E-state index < -0.39 is 6.10 Å². The molecule has 1 atom stereocenters. The number of hydrogen-bond donors (Lipinski definition) is 1. The van der Waals surface area contributed by atoms with E-state index in [-0.39, 0.29) is 6.61 Å². The average molecular weight is 290 g/mol. The van der Waals surface area contributed by atoms with Gasteiger partial charge in [0.15, 0.2) is 12.4 Å². The summed E-state index contributed by atoms with van der Waals surface area (Å²) in [6.45, 7) is 6.29. The van der Waals surface area contributed by atoms with Gasteiger partial charge in [-0.15, -0.1) is 0 Å². The highest BCUT2D eigenvalue weighted by Gasteiger charge is 2.08. The van der Waals surface area contributed by atoms with Gasteiger partial charge in [0.25, 0.3) is 5.89 Å². The van der Waals surface area contributed by atoms with Crippen LogP contribution in [0.15, 0.2) is 28.8 Å². The number of benzene rings is 1. The summed E-state index contributed by atoms with van der Waals surface area (Å²) in [5.41, 5.74) is 0.815. The largest absolute Gasteiger partial charge is 0.484 e. The lowest BCUT2D eigenvalue weighted by molar-refractivity contribution is 0.197. The van der Waals surface area contributed by atoms with Crippen molar-refractivity contribution in [3.05, 3.63) is 41.5 Å². The van der Waals surface area contributed by atoms with E-state index >= 15 is 0 Å². The molecule has 2 rings (SSSR count). The van der Waals surface area contributed by atoms with Crippen molar-refractivity contribution >= 4 is 0 Å². The maximum atomic E-state index is 9.54. The molecule has 5 nitrogen and oxygen atoms in total. The van der Waals surface area contributed by atoms with Gasteiger partial charge >= 0.3 is 0 Å². The molecule has 0 bridgehead atoms. The van der Waals surface area contributed by atoms with Gasteiger partial charge < -0.3 is 14.4 Å². The third-order valence-electron chi connectivity index (χ3n) is 3.16. The van der Waals surface area contributed by atoms with Gasteiger partial charge in [-0.1, -0.05) is 31.1 Å².